The molecule has 0 atom stereocenters. The average molecular weight is 279 g/mol. The summed E-state index contributed by atoms with van der Waals surface area (Å²) in [7, 11) is 0. The number of hydrogen-bond acceptors (Lipinski definition) is 1. The van der Waals surface area contributed by atoms with Crippen LogP contribution in [0.5, 0.6) is 0 Å². The van der Waals surface area contributed by atoms with E-state index in [4.69, 9.17) is 0 Å². The van der Waals surface area contributed by atoms with Crippen molar-refractivity contribution in [1.29, 1.82) is 0 Å². The molecule has 1 rings (SSSR count). The first-order valence-corrected chi connectivity index (χ1v) is 8.04. The topological polar surface area (TPSA) is 29.1 Å². The number of hydrogen-bond donors (Lipinski definition) is 1. The first-order chi connectivity index (χ1) is 9.64. The Morgan fingerprint density at radius 2 is 1.65 bits per heavy atom. The maximum Gasteiger partial charge on any atom is 0.224 e. The van der Waals surface area contributed by atoms with Gasteiger partial charge >= 0.3 is 0 Å². The molecule has 1 aromatic rings. The molecular weight excluding hydrogens is 246 g/mol. The summed E-state index contributed by atoms with van der Waals surface area (Å²) in [6, 6.07) is 6.23. The standard InChI is InChI=1S/C15H23NO.C3H8.H2/c1-4-8-12-10-7-11-14(13(12)9-5-2)16-15(17)6-3;1-3-2;/h7,10-11H,4-6,8-9H2,1-3H3,(H,16,17);3H2,1-2H3;1H. The molecule has 0 aliphatic rings. The number of carbonyl (C=O) groups is 1. The second kappa shape index (κ2) is 11.5. The number of benzene rings is 1. The van der Waals surface area contributed by atoms with Gasteiger partial charge in [0, 0.05) is 13.5 Å². The van der Waals surface area contributed by atoms with Crippen molar-refractivity contribution in [2.75, 3.05) is 5.32 Å². The van der Waals surface area contributed by atoms with E-state index in [1.54, 1.807) is 0 Å². The van der Waals surface area contributed by atoms with Crippen LogP contribution in [0.25, 0.3) is 0 Å². The van der Waals surface area contributed by atoms with Crippen molar-refractivity contribution >= 4 is 11.6 Å². The van der Waals surface area contributed by atoms with Crippen LogP contribution in [0.1, 0.15) is 72.9 Å². The minimum Gasteiger partial charge on any atom is -0.326 e. The summed E-state index contributed by atoms with van der Waals surface area (Å²) in [5, 5.41) is 3.00. The van der Waals surface area contributed by atoms with Crippen LogP contribution in [-0.4, -0.2) is 5.91 Å². The van der Waals surface area contributed by atoms with Crippen LogP contribution in [-0.2, 0) is 17.6 Å². The Morgan fingerprint density at radius 1 is 1.05 bits per heavy atom. The average Bonchev–Trinajstić information content (AvgIpc) is 2.43. The highest BCUT2D eigenvalue weighted by molar-refractivity contribution is 5.91. The first-order valence-electron chi connectivity index (χ1n) is 8.04. The maximum atomic E-state index is 11.5. The summed E-state index contributed by atoms with van der Waals surface area (Å²) in [4.78, 5) is 11.5. The first kappa shape index (κ1) is 18.7. The van der Waals surface area contributed by atoms with Gasteiger partial charge in [0.15, 0.2) is 0 Å². The van der Waals surface area contributed by atoms with Crippen LogP contribution in [0.15, 0.2) is 18.2 Å². The van der Waals surface area contributed by atoms with E-state index in [2.05, 4.69) is 39.1 Å². The fourth-order valence-electron chi connectivity index (χ4n) is 2.04. The molecule has 0 aliphatic carbocycles. The molecule has 0 spiro atoms. The predicted octanol–water partition coefficient (Wildman–Crippen LogP) is 5.60. The number of carbonyl (C=O) groups excluding carboxylic acids is 1. The van der Waals surface area contributed by atoms with Crippen LogP contribution in [0, 0.1) is 0 Å². The fourth-order valence-corrected chi connectivity index (χ4v) is 2.04. The van der Waals surface area contributed by atoms with Gasteiger partial charge in [-0.2, -0.15) is 0 Å². The van der Waals surface area contributed by atoms with Crippen LogP contribution >= 0.6 is 0 Å². The second-order valence-corrected chi connectivity index (χ2v) is 5.05. The van der Waals surface area contributed by atoms with E-state index in [9.17, 15) is 4.79 Å². The minimum atomic E-state index is 0. The third-order valence-corrected chi connectivity index (χ3v) is 2.89. The SMILES string of the molecule is CCC.CCCc1cccc(NC(=O)CC)c1CCC.[HH]. The summed E-state index contributed by atoms with van der Waals surface area (Å²) >= 11 is 0. The quantitative estimate of drug-likeness (QED) is 0.721. The third-order valence-electron chi connectivity index (χ3n) is 2.89. The Hall–Kier alpha value is -1.31. The van der Waals surface area contributed by atoms with Crippen molar-refractivity contribution in [1.82, 2.24) is 0 Å². The van der Waals surface area contributed by atoms with E-state index in [1.165, 1.54) is 17.5 Å². The van der Waals surface area contributed by atoms with E-state index < -0.39 is 0 Å². The number of rotatable bonds is 6. The van der Waals surface area contributed by atoms with Crippen LogP contribution in [0.4, 0.5) is 5.69 Å². The van der Waals surface area contributed by atoms with Gasteiger partial charge in [0.05, 0.1) is 0 Å². The monoisotopic (exact) mass is 279 g/mol. The zero-order valence-corrected chi connectivity index (χ0v) is 13.9. The lowest BCUT2D eigenvalue weighted by Gasteiger charge is -2.14. The largest absolute Gasteiger partial charge is 0.326 e. The molecule has 0 aromatic heterocycles. The molecule has 1 N–H and O–H groups in total. The summed E-state index contributed by atoms with van der Waals surface area (Å²) < 4.78 is 0. The highest BCUT2D eigenvalue weighted by Gasteiger charge is 2.08. The molecule has 0 unspecified atom stereocenters. The Bertz CT molecular complexity index is 391. The van der Waals surface area contributed by atoms with Gasteiger partial charge in [-0.25, -0.2) is 0 Å². The van der Waals surface area contributed by atoms with Crippen molar-refractivity contribution < 1.29 is 6.22 Å². The fraction of sp³-hybridized carbons (Fsp3) is 0.611. The molecular formula is C18H33NO. The van der Waals surface area contributed by atoms with Crippen LogP contribution in [0.2, 0.25) is 0 Å². The minimum absolute atomic E-state index is 0. The molecule has 0 bridgehead atoms. The smallest absolute Gasteiger partial charge is 0.224 e. The molecule has 0 heterocycles. The molecule has 20 heavy (non-hydrogen) atoms. The van der Waals surface area contributed by atoms with Crippen LogP contribution < -0.4 is 5.32 Å². The van der Waals surface area contributed by atoms with Gasteiger partial charge in [-0.1, -0.05) is 66.0 Å². The molecule has 116 valence electrons. The van der Waals surface area contributed by atoms with Crippen LogP contribution in [0.3, 0.4) is 0 Å². The van der Waals surface area contributed by atoms with E-state index in [0.29, 0.717) is 6.42 Å². The lowest BCUT2D eigenvalue weighted by molar-refractivity contribution is -0.115. The Morgan fingerprint density at radius 3 is 2.15 bits per heavy atom. The van der Waals surface area contributed by atoms with Gasteiger partial charge in [-0.05, 0) is 30.0 Å². The number of aryl methyl sites for hydroxylation is 1. The summed E-state index contributed by atoms with van der Waals surface area (Å²) in [5.74, 6) is 0.0935. The Kier molecular flexibility index (Phi) is 10.8. The lowest BCUT2D eigenvalue weighted by atomic mass is 9.97. The number of anilines is 1. The normalized spacial score (nSPS) is 9.65. The van der Waals surface area contributed by atoms with Crippen molar-refractivity contribution in [3.05, 3.63) is 29.3 Å². The highest BCUT2D eigenvalue weighted by atomic mass is 16.1. The van der Waals surface area contributed by atoms with E-state index in [1.807, 2.05) is 19.1 Å². The Balaban J connectivity index is 0. The molecule has 0 radical (unpaired) electrons. The summed E-state index contributed by atoms with van der Waals surface area (Å²) in [6.07, 6.45) is 6.15. The van der Waals surface area contributed by atoms with Crippen molar-refractivity contribution in [2.45, 2.75) is 73.1 Å². The molecule has 1 amide bonds. The maximum absolute atomic E-state index is 11.5. The van der Waals surface area contributed by atoms with Gasteiger partial charge in [0.1, 0.15) is 0 Å². The van der Waals surface area contributed by atoms with Gasteiger partial charge in [-0.15, -0.1) is 0 Å². The zero-order chi connectivity index (χ0) is 15.4. The summed E-state index contributed by atoms with van der Waals surface area (Å²) in [6.45, 7) is 10.5. The predicted molar refractivity (Wildman–Crippen MR) is 91.4 cm³/mol. The van der Waals surface area contributed by atoms with Gasteiger partial charge in [-0.3, -0.25) is 4.79 Å². The highest BCUT2D eigenvalue weighted by Crippen LogP contribution is 2.23. The number of amides is 1. The van der Waals surface area contributed by atoms with Gasteiger partial charge in [0.25, 0.3) is 0 Å². The zero-order valence-electron chi connectivity index (χ0n) is 13.9. The molecule has 0 aliphatic heterocycles. The number of nitrogens with one attached hydrogen (secondary N) is 1. The Labute approximate surface area is 126 Å². The molecule has 0 saturated carbocycles. The van der Waals surface area contributed by atoms with Gasteiger partial charge < -0.3 is 5.32 Å². The van der Waals surface area contributed by atoms with E-state index >= 15 is 0 Å². The van der Waals surface area contributed by atoms with Crippen molar-refractivity contribution in [2.24, 2.45) is 0 Å². The van der Waals surface area contributed by atoms with Gasteiger partial charge in [0.2, 0.25) is 5.91 Å². The van der Waals surface area contributed by atoms with Crippen molar-refractivity contribution in [3.8, 4) is 0 Å². The van der Waals surface area contributed by atoms with E-state index in [0.717, 1.165) is 31.4 Å². The summed E-state index contributed by atoms with van der Waals surface area (Å²) in [5.41, 5.74) is 3.70. The molecule has 0 saturated heterocycles. The molecule has 2 heteroatoms. The molecule has 0 fully saturated rings. The second-order valence-electron chi connectivity index (χ2n) is 5.05. The van der Waals surface area contributed by atoms with E-state index in [-0.39, 0.29) is 7.33 Å². The molecule has 1 aromatic carbocycles. The van der Waals surface area contributed by atoms with Crippen molar-refractivity contribution in [3.63, 3.8) is 0 Å². The lowest BCUT2D eigenvalue weighted by Crippen LogP contribution is -2.12. The molecule has 2 nitrogen and oxygen atoms in total. The third kappa shape index (κ3) is 6.74.